The monoisotopic (exact) mass is 431 g/mol. The fraction of sp³-hybridized carbons (Fsp3) is 0.350. The minimum Gasteiger partial charge on any atom is -0.461 e. The fourth-order valence-electron chi connectivity index (χ4n) is 3.28. The molecule has 0 unspecified atom stereocenters. The molecular weight excluding hydrogens is 410 g/mol. The molecule has 3 aromatic rings. The molecule has 0 saturated carbocycles. The first-order valence-corrected chi connectivity index (χ1v) is 10.9. The fourth-order valence-corrected chi connectivity index (χ4v) is 4.26. The van der Waals surface area contributed by atoms with E-state index in [0.29, 0.717) is 27.5 Å². The predicted molar refractivity (Wildman–Crippen MR) is 113 cm³/mol. The second-order valence-electron chi connectivity index (χ2n) is 6.70. The summed E-state index contributed by atoms with van der Waals surface area (Å²) in [5.41, 5.74) is 0.859. The number of nitrogens with zero attached hydrogens (tertiary/aromatic N) is 5. The van der Waals surface area contributed by atoms with Crippen molar-refractivity contribution in [3.05, 3.63) is 47.7 Å². The van der Waals surface area contributed by atoms with Gasteiger partial charge in [0.2, 0.25) is 11.7 Å². The summed E-state index contributed by atoms with van der Waals surface area (Å²) in [7, 11) is 0. The van der Waals surface area contributed by atoms with Crippen LogP contribution in [0.2, 0.25) is 5.02 Å². The number of amides is 1. The quantitative estimate of drug-likeness (QED) is 0.557. The highest BCUT2D eigenvalue weighted by atomic mass is 35.5. The number of hydrogen-bond acceptors (Lipinski definition) is 6. The van der Waals surface area contributed by atoms with Gasteiger partial charge >= 0.3 is 0 Å². The number of carbonyl (C=O) groups excluding carboxylic acids is 1. The van der Waals surface area contributed by atoms with Gasteiger partial charge in [0.15, 0.2) is 10.9 Å². The second kappa shape index (κ2) is 9.02. The van der Waals surface area contributed by atoms with Crippen LogP contribution in [0.3, 0.4) is 0 Å². The standard InChI is InChI=1S/C20H22ClN5O2S/c1-2-24-9-11-25(12-10-24)18(27)14-29-20-23-22-19(17-4-3-13-28-17)26(20)16-7-5-15(21)6-8-16/h3-8,13H,2,9-12,14H2,1H3. The number of likely N-dealkylation sites (N-methyl/N-ethyl adjacent to an activating group) is 1. The smallest absolute Gasteiger partial charge is 0.233 e. The Labute approximate surface area is 178 Å². The molecule has 0 spiro atoms. The van der Waals surface area contributed by atoms with Gasteiger partial charge in [0.05, 0.1) is 12.0 Å². The number of aromatic nitrogens is 3. The van der Waals surface area contributed by atoms with Gasteiger partial charge in [-0.15, -0.1) is 10.2 Å². The lowest BCUT2D eigenvalue weighted by atomic mass is 10.3. The molecule has 0 N–H and O–H groups in total. The molecule has 152 valence electrons. The highest BCUT2D eigenvalue weighted by Crippen LogP contribution is 2.29. The number of halogens is 1. The second-order valence-corrected chi connectivity index (χ2v) is 8.08. The van der Waals surface area contributed by atoms with Crippen LogP contribution in [0.15, 0.2) is 52.2 Å². The third-order valence-electron chi connectivity index (χ3n) is 4.96. The van der Waals surface area contributed by atoms with Gasteiger partial charge in [-0.05, 0) is 42.9 Å². The van der Waals surface area contributed by atoms with Gasteiger partial charge in [0, 0.05) is 36.9 Å². The lowest BCUT2D eigenvalue weighted by molar-refractivity contribution is -0.130. The van der Waals surface area contributed by atoms with Gasteiger partial charge in [0.1, 0.15) is 0 Å². The van der Waals surface area contributed by atoms with E-state index in [-0.39, 0.29) is 5.91 Å². The maximum absolute atomic E-state index is 12.7. The molecule has 0 atom stereocenters. The molecule has 0 bridgehead atoms. The number of carbonyl (C=O) groups is 1. The highest BCUT2D eigenvalue weighted by Gasteiger charge is 2.23. The molecule has 1 saturated heterocycles. The topological polar surface area (TPSA) is 67.4 Å². The van der Waals surface area contributed by atoms with E-state index in [1.807, 2.05) is 45.9 Å². The Balaban J connectivity index is 1.53. The number of thioether (sulfide) groups is 1. The summed E-state index contributed by atoms with van der Waals surface area (Å²) in [6, 6.07) is 11.1. The minimum atomic E-state index is 0.121. The summed E-state index contributed by atoms with van der Waals surface area (Å²) in [5.74, 6) is 1.64. The Kier molecular flexibility index (Phi) is 6.22. The summed E-state index contributed by atoms with van der Waals surface area (Å²) in [4.78, 5) is 17.0. The molecule has 1 aromatic carbocycles. The Morgan fingerprint density at radius 1 is 1.14 bits per heavy atom. The van der Waals surface area contributed by atoms with Crippen LogP contribution in [0.1, 0.15) is 6.92 Å². The first-order valence-electron chi connectivity index (χ1n) is 9.54. The molecule has 9 heteroatoms. The lowest BCUT2D eigenvalue weighted by Gasteiger charge is -2.34. The predicted octanol–water partition coefficient (Wildman–Crippen LogP) is 3.44. The largest absolute Gasteiger partial charge is 0.461 e. The SMILES string of the molecule is CCN1CCN(C(=O)CSc2nnc(-c3ccco3)n2-c2ccc(Cl)cc2)CC1. The van der Waals surface area contributed by atoms with Crippen molar-refractivity contribution in [2.75, 3.05) is 38.5 Å². The zero-order valence-electron chi connectivity index (χ0n) is 16.1. The molecule has 2 aromatic heterocycles. The summed E-state index contributed by atoms with van der Waals surface area (Å²) in [6.07, 6.45) is 1.60. The van der Waals surface area contributed by atoms with Gasteiger partial charge in [-0.25, -0.2) is 0 Å². The van der Waals surface area contributed by atoms with Crippen molar-refractivity contribution in [3.8, 4) is 17.3 Å². The van der Waals surface area contributed by atoms with E-state index in [0.717, 1.165) is 38.4 Å². The average molecular weight is 432 g/mol. The number of rotatable bonds is 6. The number of piperazine rings is 1. The molecule has 1 aliphatic rings. The molecule has 1 aliphatic heterocycles. The Hall–Kier alpha value is -2.29. The van der Waals surface area contributed by atoms with Gasteiger partial charge in [0.25, 0.3) is 0 Å². The third kappa shape index (κ3) is 4.49. The van der Waals surface area contributed by atoms with E-state index in [1.54, 1.807) is 6.26 Å². The number of furan rings is 1. The molecular formula is C20H22ClN5O2S. The zero-order chi connectivity index (χ0) is 20.2. The van der Waals surface area contributed by atoms with Crippen molar-refractivity contribution >= 4 is 29.3 Å². The van der Waals surface area contributed by atoms with E-state index in [2.05, 4.69) is 22.0 Å². The number of hydrogen-bond donors (Lipinski definition) is 0. The summed E-state index contributed by atoms with van der Waals surface area (Å²) >= 11 is 7.43. The number of benzene rings is 1. The van der Waals surface area contributed by atoms with Crippen molar-refractivity contribution in [1.29, 1.82) is 0 Å². The summed E-state index contributed by atoms with van der Waals surface area (Å²) in [6.45, 7) is 6.57. The van der Waals surface area contributed by atoms with E-state index in [4.69, 9.17) is 16.0 Å². The first-order chi connectivity index (χ1) is 14.2. The summed E-state index contributed by atoms with van der Waals surface area (Å²) in [5, 5.41) is 9.91. The van der Waals surface area contributed by atoms with E-state index >= 15 is 0 Å². The summed E-state index contributed by atoms with van der Waals surface area (Å²) < 4.78 is 7.41. The van der Waals surface area contributed by atoms with Crippen molar-refractivity contribution in [2.24, 2.45) is 0 Å². The molecule has 1 fully saturated rings. The van der Waals surface area contributed by atoms with Crippen LogP contribution >= 0.6 is 23.4 Å². The van der Waals surface area contributed by atoms with E-state index < -0.39 is 0 Å². The van der Waals surface area contributed by atoms with Gasteiger partial charge in [-0.3, -0.25) is 9.36 Å². The first kappa shape index (κ1) is 20.0. The maximum Gasteiger partial charge on any atom is 0.233 e. The van der Waals surface area contributed by atoms with E-state index in [1.165, 1.54) is 11.8 Å². The third-order valence-corrected chi connectivity index (χ3v) is 6.12. The lowest BCUT2D eigenvalue weighted by Crippen LogP contribution is -2.49. The van der Waals surface area contributed by atoms with Gasteiger partial charge in [-0.2, -0.15) is 0 Å². The molecule has 0 aliphatic carbocycles. The maximum atomic E-state index is 12.7. The van der Waals surface area contributed by atoms with Crippen LogP contribution < -0.4 is 0 Å². The van der Waals surface area contributed by atoms with Crippen LogP contribution in [0, 0.1) is 0 Å². The van der Waals surface area contributed by atoms with Crippen LogP contribution in [0.5, 0.6) is 0 Å². The van der Waals surface area contributed by atoms with Crippen LogP contribution in [0.25, 0.3) is 17.3 Å². The van der Waals surface area contributed by atoms with Crippen LogP contribution in [-0.2, 0) is 4.79 Å². The van der Waals surface area contributed by atoms with Gasteiger partial charge < -0.3 is 14.2 Å². The molecule has 7 nitrogen and oxygen atoms in total. The molecule has 1 amide bonds. The Morgan fingerprint density at radius 3 is 2.55 bits per heavy atom. The van der Waals surface area contributed by atoms with E-state index in [9.17, 15) is 4.79 Å². The Morgan fingerprint density at radius 2 is 1.90 bits per heavy atom. The van der Waals surface area contributed by atoms with Crippen molar-refractivity contribution in [3.63, 3.8) is 0 Å². The van der Waals surface area contributed by atoms with Crippen molar-refractivity contribution in [1.82, 2.24) is 24.6 Å². The Bertz CT molecular complexity index is 950. The molecule has 3 heterocycles. The van der Waals surface area contributed by atoms with Crippen molar-refractivity contribution < 1.29 is 9.21 Å². The molecule has 0 radical (unpaired) electrons. The minimum absolute atomic E-state index is 0.121. The normalized spacial score (nSPS) is 15.0. The van der Waals surface area contributed by atoms with Crippen LogP contribution in [-0.4, -0.2) is 68.9 Å². The zero-order valence-corrected chi connectivity index (χ0v) is 17.7. The van der Waals surface area contributed by atoms with Gasteiger partial charge in [-0.1, -0.05) is 30.3 Å². The van der Waals surface area contributed by atoms with Crippen LogP contribution in [0.4, 0.5) is 0 Å². The average Bonchev–Trinajstić information content (AvgIpc) is 3.42. The molecule has 4 rings (SSSR count). The highest BCUT2D eigenvalue weighted by molar-refractivity contribution is 7.99. The van der Waals surface area contributed by atoms with Crippen molar-refractivity contribution in [2.45, 2.75) is 12.1 Å². The molecule has 29 heavy (non-hydrogen) atoms.